The van der Waals surface area contributed by atoms with Gasteiger partial charge in [0.2, 0.25) is 0 Å². The highest BCUT2D eigenvalue weighted by Gasteiger charge is 2.74. The highest BCUT2D eigenvalue weighted by molar-refractivity contribution is 8.07. The number of anilines is 1. The second-order valence-corrected chi connectivity index (χ2v) is 15.9. The lowest BCUT2D eigenvalue weighted by atomic mass is 10.0. The fourth-order valence-electron chi connectivity index (χ4n) is 6.87. The molecule has 23 heteroatoms. The van der Waals surface area contributed by atoms with Crippen molar-refractivity contribution in [3.05, 3.63) is 35.2 Å². The van der Waals surface area contributed by atoms with Crippen molar-refractivity contribution in [2.24, 2.45) is 11.3 Å². The number of hydrogen-bond donors (Lipinski definition) is 5. The third kappa shape index (κ3) is 4.68. The van der Waals surface area contributed by atoms with E-state index in [4.69, 9.17) is 40.4 Å². The number of nitrogen functional groups attached to an aromatic ring is 1. The van der Waals surface area contributed by atoms with E-state index in [0.717, 1.165) is 6.33 Å². The van der Waals surface area contributed by atoms with Crippen LogP contribution in [0.2, 0.25) is 0 Å². The van der Waals surface area contributed by atoms with Gasteiger partial charge in [-0.05, 0) is 31.1 Å². The zero-order chi connectivity index (χ0) is 32.3. The van der Waals surface area contributed by atoms with Crippen LogP contribution in [0.1, 0.15) is 24.5 Å². The molecule has 0 aromatic carbocycles. The van der Waals surface area contributed by atoms with Gasteiger partial charge in [-0.25, -0.2) is 33.9 Å². The molecular formula is C23H26FN9O10P2S. The van der Waals surface area contributed by atoms with Crippen LogP contribution in [0.15, 0.2) is 23.8 Å². The minimum absolute atomic E-state index is 0.00613. The predicted octanol–water partition coefficient (Wildman–Crippen LogP) is 0.142. The molecular weight excluding hydrogens is 675 g/mol. The van der Waals surface area contributed by atoms with Crippen molar-refractivity contribution in [3.8, 4) is 0 Å². The summed E-state index contributed by atoms with van der Waals surface area (Å²) in [6, 6.07) is -0.748. The minimum atomic E-state index is -5.05. The molecule has 2 aliphatic carbocycles. The quantitative estimate of drug-likeness (QED) is 0.174. The SMILES string of the molecule is Cc1nc2c(ncn2[C@@H]2O[C@@H]3COP(O)(=S)O[C@H]4[C@@H](O)[C@H](n5cnc6c(N)ncnc65)[C@H]5C[C@@]54COP(=O)(O)O[C@@H]2[C@@H]3F)c(=O)[nH]1. The topological polar surface area (TPSA) is 257 Å². The first kappa shape index (κ1) is 30.5. The summed E-state index contributed by atoms with van der Waals surface area (Å²) in [6.07, 6.45) is -5.31. The van der Waals surface area contributed by atoms with E-state index in [2.05, 4.69) is 29.9 Å². The predicted molar refractivity (Wildman–Crippen MR) is 155 cm³/mol. The Morgan fingerprint density at radius 1 is 1.13 bits per heavy atom. The number of aryl methyl sites for hydroxylation is 1. The number of alkyl halides is 1. The number of aliphatic hydroxyl groups excluding tert-OH is 1. The number of aromatic amines is 1. The molecule has 0 amide bonds. The smallest absolute Gasteiger partial charge is 0.388 e. The van der Waals surface area contributed by atoms with Crippen molar-refractivity contribution in [1.29, 1.82) is 0 Å². The van der Waals surface area contributed by atoms with Crippen LogP contribution in [-0.2, 0) is 39.2 Å². The molecule has 4 fully saturated rings. The second-order valence-electron chi connectivity index (χ2n) is 11.7. The molecule has 46 heavy (non-hydrogen) atoms. The van der Waals surface area contributed by atoms with E-state index in [1.54, 1.807) is 4.57 Å². The number of aromatic nitrogens is 8. The van der Waals surface area contributed by atoms with Gasteiger partial charge in [0, 0.05) is 5.41 Å². The van der Waals surface area contributed by atoms with Gasteiger partial charge in [-0.3, -0.25) is 18.4 Å². The van der Waals surface area contributed by atoms with Crippen molar-refractivity contribution in [1.82, 2.24) is 39.0 Å². The lowest BCUT2D eigenvalue weighted by Gasteiger charge is -2.31. The van der Waals surface area contributed by atoms with Crippen molar-refractivity contribution in [2.75, 3.05) is 18.9 Å². The Hall–Kier alpha value is -2.81. The first-order chi connectivity index (χ1) is 21.8. The molecule has 1 spiro atoms. The monoisotopic (exact) mass is 701 g/mol. The molecule has 19 nitrogen and oxygen atoms in total. The number of halogens is 1. The Kier molecular flexibility index (Phi) is 6.86. The van der Waals surface area contributed by atoms with Gasteiger partial charge < -0.3 is 44.0 Å². The van der Waals surface area contributed by atoms with Crippen LogP contribution in [0, 0.1) is 18.3 Å². The molecule has 11 atom stereocenters. The molecule has 4 aromatic heterocycles. The largest absolute Gasteiger partial charge is 0.472 e. The highest BCUT2D eigenvalue weighted by Crippen LogP contribution is 2.72. The maximum atomic E-state index is 15.9. The van der Waals surface area contributed by atoms with Gasteiger partial charge >= 0.3 is 14.5 Å². The summed E-state index contributed by atoms with van der Waals surface area (Å²) >= 11 is 5.27. The Bertz CT molecular complexity index is 2050. The number of phosphoric acid groups is 1. The Morgan fingerprint density at radius 2 is 1.89 bits per heavy atom. The Labute approximate surface area is 261 Å². The summed E-state index contributed by atoms with van der Waals surface area (Å²) in [6.45, 7) is -3.85. The minimum Gasteiger partial charge on any atom is -0.388 e. The molecule has 4 aromatic rings. The Morgan fingerprint density at radius 3 is 2.70 bits per heavy atom. The number of aliphatic hydroxyl groups is 1. The van der Waals surface area contributed by atoms with Crippen LogP contribution in [0.4, 0.5) is 10.2 Å². The van der Waals surface area contributed by atoms with E-state index < -0.39 is 87.5 Å². The van der Waals surface area contributed by atoms with E-state index in [0.29, 0.717) is 17.6 Å². The summed E-state index contributed by atoms with van der Waals surface area (Å²) in [5.41, 5.74) is 4.79. The molecule has 2 saturated heterocycles. The average molecular weight is 702 g/mol. The van der Waals surface area contributed by atoms with Crippen LogP contribution in [0.5, 0.6) is 0 Å². The summed E-state index contributed by atoms with van der Waals surface area (Å²) < 4.78 is 60.2. The number of rotatable bonds is 2. The average Bonchev–Trinajstić information content (AvgIpc) is 3.26. The van der Waals surface area contributed by atoms with Crippen molar-refractivity contribution < 1.29 is 46.7 Å². The lowest BCUT2D eigenvalue weighted by Crippen LogP contribution is -2.38. The maximum absolute atomic E-state index is 15.9. The summed E-state index contributed by atoms with van der Waals surface area (Å²) in [5.74, 6) is -0.0797. The molecule has 2 bridgehead atoms. The number of hydrogen-bond acceptors (Lipinski definition) is 15. The van der Waals surface area contributed by atoms with Gasteiger partial charge in [0.05, 0.1) is 31.9 Å². The number of nitrogens with zero attached hydrogens (tertiary/aromatic N) is 7. The first-order valence-electron chi connectivity index (χ1n) is 13.9. The molecule has 0 radical (unpaired) electrons. The van der Waals surface area contributed by atoms with Gasteiger partial charge in [0.15, 0.2) is 35.0 Å². The van der Waals surface area contributed by atoms with Gasteiger partial charge in [0.1, 0.15) is 42.1 Å². The van der Waals surface area contributed by atoms with E-state index in [-0.39, 0.29) is 22.8 Å². The standard InChI is InChI=1S/C23H26FN9O10P2S/c1-8-30-20-13(21(35)31-8)29-7-33(20)22-16-11(24)10(41-22)3-39-45(38,46)43-17-15(34)14(9-2-23(9,17)4-40-44(36,37)42-16)32-6-28-12-18(25)26-5-27-19(12)32/h5-7,9-11,14-17,22,34H,2-4H2,1H3,(H,36,37)(H,38,46)(H2,25,26,27)(H,30,31,35)/t9-,10-,11-,14-,15+,16-,17+,22-,23-,45?/m1/s1. The second kappa shape index (κ2) is 10.3. The molecule has 2 saturated carbocycles. The van der Waals surface area contributed by atoms with E-state index in [9.17, 15) is 24.3 Å². The molecule has 6 N–H and O–H groups in total. The van der Waals surface area contributed by atoms with Crippen LogP contribution >= 0.6 is 14.5 Å². The molecule has 8 rings (SSSR count). The van der Waals surface area contributed by atoms with E-state index in [1.807, 2.05) is 0 Å². The van der Waals surface area contributed by atoms with Crippen molar-refractivity contribution in [2.45, 2.75) is 56.2 Å². The van der Waals surface area contributed by atoms with Crippen LogP contribution in [0.25, 0.3) is 22.3 Å². The zero-order valence-corrected chi connectivity index (χ0v) is 26.2. The number of nitrogens with two attached hydrogens (primary N) is 1. The number of nitrogens with one attached hydrogen (secondary N) is 1. The van der Waals surface area contributed by atoms with Gasteiger partial charge in [0.25, 0.3) is 5.56 Å². The van der Waals surface area contributed by atoms with Crippen LogP contribution in [0.3, 0.4) is 0 Å². The van der Waals surface area contributed by atoms with Gasteiger partial charge in [-0.1, -0.05) is 0 Å². The highest BCUT2D eigenvalue weighted by atomic mass is 32.5. The fourth-order valence-corrected chi connectivity index (χ4v) is 9.34. The summed E-state index contributed by atoms with van der Waals surface area (Å²) in [5, 5.41) is 11.5. The Balaban J connectivity index is 1.14. The van der Waals surface area contributed by atoms with Crippen molar-refractivity contribution in [3.63, 3.8) is 0 Å². The van der Waals surface area contributed by atoms with Crippen LogP contribution in [-0.4, -0.2) is 97.7 Å². The normalized spacial score (nSPS) is 41.1. The fraction of sp³-hybridized carbons (Fsp3) is 0.565. The molecule has 2 unspecified atom stereocenters. The molecule has 246 valence electrons. The molecule has 2 aliphatic heterocycles. The van der Waals surface area contributed by atoms with Crippen molar-refractivity contribution >= 4 is 54.5 Å². The number of imidazole rings is 2. The third-order valence-corrected chi connectivity index (χ3v) is 11.5. The van der Waals surface area contributed by atoms with E-state index in [1.165, 1.54) is 24.1 Å². The zero-order valence-electron chi connectivity index (χ0n) is 23.6. The number of fused-ring (bicyclic) bond motifs is 4. The first-order valence-corrected chi connectivity index (χ1v) is 18.0. The number of H-pyrrole nitrogens is 1. The number of phosphoric ester groups is 1. The summed E-state index contributed by atoms with van der Waals surface area (Å²) in [7, 11) is -5.05. The third-order valence-electron chi connectivity index (χ3n) is 9.01. The lowest BCUT2D eigenvalue weighted by molar-refractivity contribution is -0.0610. The molecule has 4 aliphatic rings. The molecule has 6 heterocycles. The summed E-state index contributed by atoms with van der Waals surface area (Å²) in [4.78, 5) is 57.6. The maximum Gasteiger partial charge on any atom is 0.472 e. The van der Waals surface area contributed by atoms with E-state index >= 15 is 4.39 Å². The van der Waals surface area contributed by atoms with Gasteiger partial charge in [-0.2, -0.15) is 0 Å². The van der Waals surface area contributed by atoms with Crippen LogP contribution < -0.4 is 11.3 Å². The number of ether oxygens (including phenoxy) is 1. The van der Waals surface area contributed by atoms with Gasteiger partial charge in [-0.15, -0.1) is 0 Å².